The molecule has 1 unspecified atom stereocenters. The van der Waals surface area contributed by atoms with E-state index in [2.05, 4.69) is 106 Å². The third kappa shape index (κ3) is 65.3. The number of esters is 3. The fraction of sp³-hybridized carbons (Fsp3) is 0.767. The summed E-state index contributed by atoms with van der Waals surface area (Å²) >= 11 is 0. The van der Waals surface area contributed by atoms with Crippen LogP contribution in [-0.2, 0) is 28.6 Å². The van der Waals surface area contributed by atoms with Gasteiger partial charge < -0.3 is 14.2 Å². The maximum Gasteiger partial charge on any atom is 0.306 e. The number of unbranched alkanes of at least 4 members (excludes halogenated alkanes) is 37. The molecule has 456 valence electrons. The molecular weight excluding hydrogens is 973 g/mol. The van der Waals surface area contributed by atoms with Gasteiger partial charge in [0.25, 0.3) is 0 Å². The first-order chi connectivity index (χ1) is 39.0. The molecule has 0 spiro atoms. The van der Waals surface area contributed by atoms with E-state index in [1.54, 1.807) is 0 Å². The van der Waals surface area contributed by atoms with Crippen LogP contribution in [0.25, 0.3) is 0 Å². The lowest BCUT2D eigenvalue weighted by Crippen LogP contribution is -2.30. The minimum atomic E-state index is -0.783. The average molecular weight is 1100 g/mol. The molecule has 0 aliphatic carbocycles. The third-order valence-electron chi connectivity index (χ3n) is 14.9. The highest BCUT2D eigenvalue weighted by Gasteiger charge is 2.19. The van der Waals surface area contributed by atoms with Gasteiger partial charge in [-0.3, -0.25) is 14.4 Å². The Bertz CT molecular complexity index is 1500. The smallest absolute Gasteiger partial charge is 0.306 e. The zero-order chi connectivity index (χ0) is 57.1. The van der Waals surface area contributed by atoms with E-state index >= 15 is 0 Å². The molecule has 0 fully saturated rings. The van der Waals surface area contributed by atoms with Crippen molar-refractivity contribution in [1.82, 2.24) is 0 Å². The summed E-state index contributed by atoms with van der Waals surface area (Å²) < 4.78 is 17.0. The van der Waals surface area contributed by atoms with E-state index in [-0.39, 0.29) is 31.1 Å². The summed E-state index contributed by atoms with van der Waals surface area (Å²) in [6, 6.07) is 0. The van der Waals surface area contributed by atoms with Crippen molar-refractivity contribution in [3.63, 3.8) is 0 Å². The molecular formula is C73H128O6. The van der Waals surface area contributed by atoms with Crippen molar-refractivity contribution < 1.29 is 28.6 Å². The van der Waals surface area contributed by atoms with E-state index in [1.165, 1.54) is 193 Å². The predicted molar refractivity (Wildman–Crippen MR) is 344 cm³/mol. The van der Waals surface area contributed by atoms with Crippen LogP contribution in [0.1, 0.15) is 342 Å². The minimum absolute atomic E-state index is 0.0792. The molecule has 0 heterocycles. The third-order valence-corrected chi connectivity index (χ3v) is 14.9. The van der Waals surface area contributed by atoms with Crippen LogP contribution in [0, 0.1) is 0 Å². The van der Waals surface area contributed by atoms with Gasteiger partial charge in [-0.25, -0.2) is 0 Å². The van der Waals surface area contributed by atoms with Crippen molar-refractivity contribution in [2.45, 2.75) is 348 Å². The zero-order valence-corrected chi connectivity index (χ0v) is 52.4. The first-order valence-electron chi connectivity index (χ1n) is 34.1. The Morgan fingerprint density at radius 3 is 0.797 bits per heavy atom. The Kier molecular flexibility index (Phi) is 64.2. The summed E-state index contributed by atoms with van der Waals surface area (Å²) in [7, 11) is 0. The first-order valence-corrected chi connectivity index (χ1v) is 34.1. The summed E-state index contributed by atoms with van der Waals surface area (Å²) in [4.78, 5) is 38.4. The molecule has 0 amide bonds. The molecule has 0 radical (unpaired) electrons. The van der Waals surface area contributed by atoms with Gasteiger partial charge in [-0.05, 0) is 96.3 Å². The molecule has 0 aliphatic heterocycles. The Balaban J connectivity index is 4.31. The average Bonchev–Trinajstić information content (AvgIpc) is 3.45. The van der Waals surface area contributed by atoms with Crippen molar-refractivity contribution in [3.8, 4) is 0 Å². The lowest BCUT2D eigenvalue weighted by atomic mass is 10.0. The SMILES string of the molecule is CC/C=C\C/C=C\C/C=C\C/C=C\C/C=C\CCCCCCCCCCCCCC(=O)OCC(COC(=O)CCCCCCC/C=C\C/C=C\CCCCC)OC(=O)CCCCCCCCCCCCCCCCCCCCC. The van der Waals surface area contributed by atoms with Gasteiger partial charge in [-0.1, -0.05) is 311 Å². The van der Waals surface area contributed by atoms with E-state index in [1.807, 2.05) is 0 Å². The highest BCUT2D eigenvalue weighted by atomic mass is 16.6. The quantitative estimate of drug-likeness (QED) is 0.0261. The van der Waals surface area contributed by atoms with E-state index in [4.69, 9.17) is 14.2 Å². The Hall–Kier alpha value is -3.41. The number of hydrogen-bond acceptors (Lipinski definition) is 6. The summed E-state index contributed by atoms with van der Waals surface area (Å²) in [6.07, 6.45) is 88.8. The standard InChI is InChI=1S/C73H128O6/c1-4-7-10-13-16-19-22-25-28-30-32-33-34-35-36-37-38-39-41-42-45-48-51-54-57-60-63-66-72(75)78-69-70(68-77-71(74)65-62-59-56-53-50-47-44-27-24-21-18-15-12-9-6-3)79-73(76)67-64-61-58-55-52-49-46-43-40-31-29-26-23-20-17-14-11-8-5-2/h7,10,16,18-19,21,25,27-28,32-33,35-36,44,70H,4-6,8-9,11-15,17,20,22-24,26,29-31,34,37-43,45-69H2,1-3H3/b10-7-,19-16-,21-18-,28-25-,33-32-,36-35-,44-27-. The Morgan fingerprint density at radius 2 is 0.494 bits per heavy atom. The maximum atomic E-state index is 12.9. The molecule has 0 bridgehead atoms. The number of rotatable bonds is 62. The Morgan fingerprint density at radius 1 is 0.266 bits per heavy atom. The van der Waals surface area contributed by atoms with Gasteiger partial charge in [-0.15, -0.1) is 0 Å². The van der Waals surface area contributed by atoms with Gasteiger partial charge in [0, 0.05) is 19.3 Å². The highest BCUT2D eigenvalue weighted by molar-refractivity contribution is 5.71. The van der Waals surface area contributed by atoms with E-state index in [0.29, 0.717) is 19.3 Å². The molecule has 79 heavy (non-hydrogen) atoms. The first kappa shape index (κ1) is 75.6. The van der Waals surface area contributed by atoms with Crippen molar-refractivity contribution >= 4 is 17.9 Å². The van der Waals surface area contributed by atoms with E-state index in [9.17, 15) is 14.4 Å². The van der Waals surface area contributed by atoms with Crippen LogP contribution in [0.3, 0.4) is 0 Å². The minimum Gasteiger partial charge on any atom is -0.462 e. The molecule has 0 aromatic carbocycles. The summed E-state index contributed by atoms with van der Waals surface area (Å²) in [5, 5.41) is 0. The van der Waals surface area contributed by atoms with Crippen LogP contribution < -0.4 is 0 Å². The number of carbonyl (C=O) groups excluding carboxylic acids is 3. The van der Waals surface area contributed by atoms with Crippen LogP contribution >= 0.6 is 0 Å². The van der Waals surface area contributed by atoms with Crippen LogP contribution in [0.2, 0.25) is 0 Å². The van der Waals surface area contributed by atoms with E-state index in [0.717, 1.165) is 109 Å². The van der Waals surface area contributed by atoms with Gasteiger partial charge in [0.2, 0.25) is 0 Å². The van der Waals surface area contributed by atoms with Gasteiger partial charge in [0.05, 0.1) is 0 Å². The van der Waals surface area contributed by atoms with Crippen LogP contribution in [0.5, 0.6) is 0 Å². The second kappa shape index (κ2) is 67.1. The summed E-state index contributed by atoms with van der Waals surface area (Å²) in [5.41, 5.74) is 0. The second-order valence-corrected chi connectivity index (χ2v) is 22.7. The molecule has 6 nitrogen and oxygen atoms in total. The fourth-order valence-corrected chi connectivity index (χ4v) is 9.80. The van der Waals surface area contributed by atoms with Gasteiger partial charge >= 0.3 is 17.9 Å². The highest BCUT2D eigenvalue weighted by Crippen LogP contribution is 2.17. The van der Waals surface area contributed by atoms with Crippen molar-refractivity contribution in [1.29, 1.82) is 0 Å². The van der Waals surface area contributed by atoms with Crippen molar-refractivity contribution in [2.75, 3.05) is 13.2 Å². The molecule has 1 atom stereocenters. The van der Waals surface area contributed by atoms with Gasteiger partial charge in [-0.2, -0.15) is 0 Å². The van der Waals surface area contributed by atoms with Crippen molar-refractivity contribution in [2.24, 2.45) is 0 Å². The maximum absolute atomic E-state index is 12.9. The van der Waals surface area contributed by atoms with Crippen LogP contribution in [0.15, 0.2) is 85.1 Å². The predicted octanol–water partition coefficient (Wildman–Crippen LogP) is 23.4. The monoisotopic (exact) mass is 1100 g/mol. The normalized spacial score (nSPS) is 12.6. The Labute approximate surface area is 490 Å². The largest absolute Gasteiger partial charge is 0.462 e. The topological polar surface area (TPSA) is 78.9 Å². The number of ether oxygens (including phenoxy) is 3. The lowest BCUT2D eigenvalue weighted by Gasteiger charge is -2.18. The second-order valence-electron chi connectivity index (χ2n) is 22.7. The molecule has 0 aliphatic rings. The number of carbonyl (C=O) groups is 3. The molecule has 0 N–H and O–H groups in total. The van der Waals surface area contributed by atoms with E-state index < -0.39 is 6.10 Å². The van der Waals surface area contributed by atoms with Crippen LogP contribution in [-0.4, -0.2) is 37.2 Å². The lowest BCUT2D eigenvalue weighted by molar-refractivity contribution is -0.167. The molecule has 6 heteroatoms. The number of hydrogen-bond donors (Lipinski definition) is 0. The summed E-state index contributed by atoms with van der Waals surface area (Å²) in [5.74, 6) is -0.877. The molecule has 0 saturated heterocycles. The number of allylic oxidation sites excluding steroid dienone is 14. The summed E-state index contributed by atoms with van der Waals surface area (Å²) in [6.45, 7) is 6.53. The van der Waals surface area contributed by atoms with Crippen molar-refractivity contribution in [3.05, 3.63) is 85.1 Å². The van der Waals surface area contributed by atoms with Crippen LogP contribution in [0.4, 0.5) is 0 Å². The van der Waals surface area contributed by atoms with Gasteiger partial charge in [0.1, 0.15) is 13.2 Å². The van der Waals surface area contributed by atoms with Gasteiger partial charge in [0.15, 0.2) is 6.10 Å². The zero-order valence-electron chi connectivity index (χ0n) is 52.4. The molecule has 0 saturated carbocycles. The molecule has 0 aromatic heterocycles. The molecule has 0 aromatic rings. The fourth-order valence-electron chi connectivity index (χ4n) is 9.80. The molecule has 0 rings (SSSR count).